The summed E-state index contributed by atoms with van der Waals surface area (Å²) in [5, 5.41) is 16.5. The minimum atomic E-state index is -3.60. The first-order chi connectivity index (χ1) is 26.0. The number of ether oxygens (including phenoxy) is 1. The first-order valence-corrected chi connectivity index (χ1v) is 21.7. The number of aliphatic hydroxyl groups is 1. The molecule has 4 aliphatic rings. The number of hydrogen-bond donors (Lipinski definition) is 1. The number of carbonyl (C=O) groups is 3. The number of amides is 3. The van der Waals surface area contributed by atoms with E-state index in [2.05, 4.69) is 0 Å². The molecule has 0 unspecified atom stereocenters. The van der Waals surface area contributed by atoms with Crippen LogP contribution in [0, 0.1) is 5.92 Å². The molecule has 3 amide bonds. The van der Waals surface area contributed by atoms with Crippen LogP contribution in [0.3, 0.4) is 0 Å². The Morgan fingerprint density at radius 3 is 2.33 bits per heavy atom. The van der Waals surface area contributed by atoms with E-state index in [-0.39, 0.29) is 43.7 Å². The standard InChI is InChI=1S/C43H45FN4O5Si/c1-28-41(54(2,3)44)38(24-40(51)46-26-32-17-11-10-16-31(32)22-34(46)27-49)53-43(28)35-23-33(48-39(50)21-19-36(45-48)30-14-8-5-9-15-30)18-20-37(35)47(42(43)52)25-29-12-6-4-7-13-29/h4-18,20,23,28,34,38,41,49H,19,21-22,24-27H2,1-3H3/t28-,34-,38+,41-,43+/m0/s1. The minimum absolute atomic E-state index is 0.133. The fourth-order valence-electron chi connectivity index (χ4n) is 9.21. The van der Waals surface area contributed by atoms with Gasteiger partial charge < -0.3 is 23.8 Å². The molecule has 54 heavy (non-hydrogen) atoms. The first-order valence-electron chi connectivity index (χ1n) is 18.8. The molecule has 5 atom stereocenters. The van der Waals surface area contributed by atoms with Crippen LogP contribution in [0.15, 0.2) is 108 Å². The molecule has 8 rings (SSSR count). The lowest BCUT2D eigenvalue weighted by Gasteiger charge is -2.37. The number of anilines is 2. The van der Waals surface area contributed by atoms with Gasteiger partial charge in [0.05, 0.1) is 48.8 Å². The third kappa shape index (κ3) is 6.17. The maximum absolute atomic E-state index is 16.7. The summed E-state index contributed by atoms with van der Waals surface area (Å²) in [5.41, 5.74) is 4.06. The lowest BCUT2D eigenvalue weighted by Crippen LogP contribution is -2.48. The number of carbonyl (C=O) groups excluding carboxylic acids is 3. The molecule has 0 bridgehead atoms. The minimum Gasteiger partial charge on any atom is -0.394 e. The Bertz CT molecular complexity index is 2130. The Morgan fingerprint density at radius 2 is 1.63 bits per heavy atom. The smallest absolute Gasteiger partial charge is 0.264 e. The van der Waals surface area contributed by atoms with Gasteiger partial charge in [0.1, 0.15) is 0 Å². The number of benzene rings is 4. The van der Waals surface area contributed by atoms with E-state index in [0.29, 0.717) is 36.3 Å². The average molecular weight is 745 g/mol. The zero-order valence-electron chi connectivity index (χ0n) is 30.8. The average Bonchev–Trinajstić information content (AvgIpc) is 3.60. The Kier molecular flexibility index (Phi) is 9.36. The van der Waals surface area contributed by atoms with E-state index in [0.717, 1.165) is 28.0 Å². The maximum Gasteiger partial charge on any atom is 0.264 e. The van der Waals surface area contributed by atoms with Gasteiger partial charge in [-0.2, -0.15) is 5.10 Å². The molecule has 1 N–H and O–H groups in total. The van der Waals surface area contributed by atoms with Crippen LogP contribution >= 0.6 is 0 Å². The fourth-order valence-corrected chi connectivity index (χ4v) is 11.7. The van der Waals surface area contributed by atoms with Crippen molar-refractivity contribution in [2.24, 2.45) is 11.0 Å². The van der Waals surface area contributed by atoms with Crippen molar-refractivity contribution in [3.63, 3.8) is 0 Å². The topological polar surface area (TPSA) is 103 Å². The summed E-state index contributed by atoms with van der Waals surface area (Å²) in [6.07, 6.45) is 0.263. The second-order valence-electron chi connectivity index (χ2n) is 15.5. The molecule has 1 saturated heterocycles. The number of hydrogen-bond acceptors (Lipinski definition) is 6. The van der Waals surface area contributed by atoms with Gasteiger partial charge in [-0.15, -0.1) is 0 Å². The second kappa shape index (κ2) is 14.0. The van der Waals surface area contributed by atoms with Crippen LogP contribution in [0.5, 0.6) is 0 Å². The largest absolute Gasteiger partial charge is 0.394 e. The quantitative estimate of drug-likeness (QED) is 0.157. The van der Waals surface area contributed by atoms with Crippen LogP contribution in [-0.2, 0) is 44.2 Å². The van der Waals surface area contributed by atoms with Crippen molar-refractivity contribution in [2.45, 2.75) is 82.1 Å². The molecular weight excluding hydrogens is 700 g/mol. The van der Waals surface area contributed by atoms with E-state index in [4.69, 9.17) is 9.84 Å². The number of nitrogens with zero attached hydrogens (tertiary/aromatic N) is 4. The summed E-state index contributed by atoms with van der Waals surface area (Å²) < 4.78 is 23.7. The van der Waals surface area contributed by atoms with Gasteiger partial charge in [-0.05, 0) is 60.0 Å². The Labute approximate surface area is 316 Å². The van der Waals surface area contributed by atoms with E-state index < -0.39 is 37.6 Å². The maximum atomic E-state index is 16.7. The van der Waals surface area contributed by atoms with E-state index in [1.54, 1.807) is 29.0 Å². The predicted octanol–water partition coefficient (Wildman–Crippen LogP) is 6.88. The molecule has 9 nitrogen and oxygen atoms in total. The monoisotopic (exact) mass is 744 g/mol. The number of hydrazone groups is 1. The molecule has 11 heteroatoms. The zero-order chi connectivity index (χ0) is 37.8. The lowest BCUT2D eigenvalue weighted by molar-refractivity contribution is -0.151. The van der Waals surface area contributed by atoms with E-state index in [1.807, 2.05) is 104 Å². The van der Waals surface area contributed by atoms with Crippen molar-refractivity contribution in [2.75, 3.05) is 16.5 Å². The van der Waals surface area contributed by atoms with E-state index in [1.165, 1.54) is 5.01 Å². The summed E-state index contributed by atoms with van der Waals surface area (Å²) in [5.74, 6) is -1.37. The molecule has 0 saturated carbocycles. The summed E-state index contributed by atoms with van der Waals surface area (Å²) in [7, 11) is -3.60. The number of rotatable bonds is 8. The second-order valence-corrected chi connectivity index (χ2v) is 19.3. The molecule has 278 valence electrons. The number of fused-ring (bicyclic) bond motifs is 3. The normalized spacial score (nSPS) is 25.2. The van der Waals surface area contributed by atoms with E-state index >= 15 is 8.90 Å². The van der Waals surface area contributed by atoms with Gasteiger partial charge in [-0.25, -0.2) is 5.01 Å². The van der Waals surface area contributed by atoms with Crippen LogP contribution in [0.2, 0.25) is 18.6 Å². The van der Waals surface area contributed by atoms with Gasteiger partial charge in [0.25, 0.3) is 5.91 Å². The van der Waals surface area contributed by atoms with E-state index in [9.17, 15) is 14.7 Å². The highest BCUT2D eigenvalue weighted by Crippen LogP contribution is 2.61. The molecule has 4 aromatic carbocycles. The molecule has 4 heterocycles. The molecule has 4 aromatic rings. The van der Waals surface area contributed by atoms with Crippen LogP contribution in [-0.4, -0.2) is 60.6 Å². The highest BCUT2D eigenvalue weighted by molar-refractivity contribution is 6.72. The molecule has 4 aliphatic heterocycles. The molecular formula is C43H45FN4O5Si. The predicted molar refractivity (Wildman–Crippen MR) is 208 cm³/mol. The fraction of sp³-hybridized carbons (Fsp3) is 0.349. The van der Waals surface area contributed by atoms with Crippen molar-refractivity contribution >= 4 is 43.2 Å². The first kappa shape index (κ1) is 36.0. The van der Waals surface area contributed by atoms with Crippen LogP contribution < -0.4 is 9.91 Å². The van der Waals surface area contributed by atoms with Crippen molar-refractivity contribution in [1.82, 2.24) is 4.90 Å². The summed E-state index contributed by atoms with van der Waals surface area (Å²) in [6, 6.07) is 32.3. The van der Waals surface area contributed by atoms with Crippen LogP contribution in [0.25, 0.3) is 0 Å². The van der Waals surface area contributed by atoms with Gasteiger partial charge in [0.15, 0.2) is 5.60 Å². The van der Waals surface area contributed by atoms with Crippen LogP contribution in [0.1, 0.15) is 54.0 Å². The Balaban J connectivity index is 1.20. The van der Waals surface area contributed by atoms with Gasteiger partial charge in [0, 0.05) is 36.4 Å². The molecule has 0 aliphatic carbocycles. The number of aliphatic hydroxyl groups excluding tert-OH is 1. The third-order valence-electron chi connectivity index (χ3n) is 11.8. The molecule has 1 spiro atoms. The van der Waals surface area contributed by atoms with Crippen LogP contribution in [0.4, 0.5) is 15.5 Å². The Hall–Kier alpha value is -4.97. The summed E-state index contributed by atoms with van der Waals surface area (Å²) >= 11 is 0. The zero-order valence-corrected chi connectivity index (χ0v) is 31.8. The van der Waals surface area contributed by atoms with Gasteiger partial charge in [-0.3, -0.25) is 14.4 Å². The third-order valence-corrected chi connectivity index (χ3v) is 14.2. The lowest BCUT2D eigenvalue weighted by atomic mass is 9.82. The molecule has 0 radical (unpaired) electrons. The van der Waals surface area contributed by atoms with Gasteiger partial charge in [-0.1, -0.05) is 91.9 Å². The highest BCUT2D eigenvalue weighted by atomic mass is 28.4. The molecule has 0 aromatic heterocycles. The van der Waals surface area contributed by atoms with Crippen molar-refractivity contribution in [1.29, 1.82) is 0 Å². The SMILES string of the molecule is C[C@H]1[C@H]([Si](C)(C)F)[C@@H](CC(=O)N2Cc3ccccc3C[C@H]2CO)O[C@]12C(=O)N(Cc1ccccc1)c1ccc(N3N=C(c4ccccc4)CCC3=O)cc12. The Morgan fingerprint density at radius 1 is 0.944 bits per heavy atom. The van der Waals surface area contributed by atoms with Crippen molar-refractivity contribution < 1.29 is 28.3 Å². The summed E-state index contributed by atoms with van der Waals surface area (Å²) in [6.45, 7) is 5.50. The highest BCUT2D eigenvalue weighted by Gasteiger charge is 2.67. The summed E-state index contributed by atoms with van der Waals surface area (Å²) in [4.78, 5) is 46.2. The van der Waals surface area contributed by atoms with Gasteiger partial charge >= 0.3 is 0 Å². The van der Waals surface area contributed by atoms with Crippen molar-refractivity contribution in [3.05, 3.63) is 131 Å². The number of halogens is 1. The van der Waals surface area contributed by atoms with Gasteiger partial charge in [0.2, 0.25) is 20.2 Å². The van der Waals surface area contributed by atoms with Crippen molar-refractivity contribution in [3.8, 4) is 0 Å². The molecule has 1 fully saturated rings.